The van der Waals surface area contributed by atoms with E-state index in [1.54, 1.807) is 24.3 Å². The molecule has 0 amide bonds. The molecule has 1 aromatic carbocycles. The molecule has 0 saturated heterocycles. The maximum absolute atomic E-state index is 11.8. The Morgan fingerprint density at radius 2 is 1.59 bits per heavy atom. The molecule has 0 N–H and O–H groups in total. The molecule has 0 aromatic heterocycles. The number of hydrogen-bond acceptors (Lipinski definition) is 4. The zero-order chi connectivity index (χ0) is 12.8. The largest absolute Gasteiger partial charge is 0.491 e. The summed E-state index contributed by atoms with van der Waals surface area (Å²) in [5.41, 5.74) is 0.537. The van der Waals surface area contributed by atoms with E-state index in [0.29, 0.717) is 5.56 Å². The molecule has 0 aliphatic carbocycles. The topological polar surface area (TPSA) is 44.8 Å². The Morgan fingerprint density at radius 1 is 1.06 bits per heavy atom. The lowest BCUT2D eigenvalue weighted by atomic mass is 10.1. The van der Waals surface area contributed by atoms with Crippen molar-refractivity contribution >= 4 is 5.78 Å². The van der Waals surface area contributed by atoms with Gasteiger partial charge in [0.2, 0.25) is 12.1 Å². The minimum Gasteiger partial charge on any atom is -0.491 e. The van der Waals surface area contributed by atoms with Crippen LogP contribution in [-0.4, -0.2) is 32.4 Å². The minimum atomic E-state index is -0.855. The number of carbonyl (C=O) groups is 1. The number of ether oxygens (including phenoxy) is 3. The normalized spacial score (nSPS) is 10.9. The molecule has 94 valence electrons. The van der Waals surface area contributed by atoms with Crippen LogP contribution in [0.2, 0.25) is 0 Å². The smallest absolute Gasteiger partial charge is 0.222 e. The number of rotatable bonds is 6. The average molecular weight is 238 g/mol. The number of ketones is 1. The first-order valence-corrected chi connectivity index (χ1v) is 5.45. The van der Waals surface area contributed by atoms with Gasteiger partial charge in [0.25, 0.3) is 0 Å². The lowest BCUT2D eigenvalue weighted by Crippen LogP contribution is -2.24. The second-order valence-corrected chi connectivity index (χ2v) is 3.86. The zero-order valence-electron chi connectivity index (χ0n) is 10.6. The molecule has 0 fully saturated rings. The van der Waals surface area contributed by atoms with Crippen molar-refractivity contribution in [2.45, 2.75) is 26.2 Å². The molecule has 0 bridgehead atoms. The molecular weight excluding hydrogens is 220 g/mol. The molecule has 0 atom stereocenters. The van der Waals surface area contributed by atoms with Gasteiger partial charge in [-0.2, -0.15) is 0 Å². The third-order valence-electron chi connectivity index (χ3n) is 2.15. The van der Waals surface area contributed by atoms with E-state index in [2.05, 4.69) is 0 Å². The Balaban J connectivity index is 2.76. The number of benzene rings is 1. The number of Topliss-reactive ketones (excluding diaryl/α,β-unsaturated/α-hetero) is 1. The van der Waals surface area contributed by atoms with Gasteiger partial charge >= 0.3 is 0 Å². The van der Waals surface area contributed by atoms with E-state index in [-0.39, 0.29) is 11.9 Å². The predicted octanol–water partition coefficient (Wildman–Crippen LogP) is 2.28. The standard InChI is InChI=1S/C13H18O4/c1-9(2)17-11-7-5-10(6-8-11)12(14)13(15-3)16-4/h5-9,13H,1-4H3. The minimum absolute atomic E-state index is 0.113. The van der Waals surface area contributed by atoms with Crippen LogP contribution < -0.4 is 4.74 Å². The Morgan fingerprint density at radius 3 is 2.00 bits per heavy atom. The molecule has 4 heteroatoms. The Kier molecular flexibility index (Phi) is 5.12. The van der Waals surface area contributed by atoms with Crippen molar-refractivity contribution in [1.29, 1.82) is 0 Å². The van der Waals surface area contributed by atoms with E-state index < -0.39 is 6.29 Å². The van der Waals surface area contributed by atoms with Gasteiger partial charge in [0.15, 0.2) is 0 Å². The van der Waals surface area contributed by atoms with E-state index in [1.165, 1.54) is 14.2 Å². The van der Waals surface area contributed by atoms with Gasteiger partial charge < -0.3 is 14.2 Å². The Labute approximate surface area is 101 Å². The third kappa shape index (κ3) is 3.84. The molecule has 0 saturated carbocycles. The van der Waals surface area contributed by atoms with Crippen molar-refractivity contribution in [3.8, 4) is 5.75 Å². The van der Waals surface area contributed by atoms with E-state index in [0.717, 1.165) is 5.75 Å². The van der Waals surface area contributed by atoms with Crippen LogP contribution in [0.5, 0.6) is 5.75 Å². The monoisotopic (exact) mass is 238 g/mol. The van der Waals surface area contributed by atoms with Gasteiger partial charge in [-0.3, -0.25) is 4.79 Å². The molecule has 0 aliphatic heterocycles. The van der Waals surface area contributed by atoms with Crippen LogP contribution in [0.4, 0.5) is 0 Å². The van der Waals surface area contributed by atoms with Gasteiger partial charge in [0, 0.05) is 19.8 Å². The summed E-state index contributed by atoms with van der Waals surface area (Å²) >= 11 is 0. The molecule has 0 radical (unpaired) electrons. The van der Waals surface area contributed by atoms with Crippen molar-refractivity contribution in [1.82, 2.24) is 0 Å². The van der Waals surface area contributed by atoms with Crippen LogP contribution in [-0.2, 0) is 9.47 Å². The number of carbonyl (C=O) groups excluding carboxylic acids is 1. The van der Waals surface area contributed by atoms with Gasteiger partial charge in [-0.15, -0.1) is 0 Å². The van der Waals surface area contributed by atoms with Crippen molar-refractivity contribution in [2.24, 2.45) is 0 Å². The van der Waals surface area contributed by atoms with Crippen LogP contribution in [0, 0.1) is 0 Å². The fourth-order valence-electron chi connectivity index (χ4n) is 1.42. The molecule has 0 spiro atoms. The molecule has 0 heterocycles. The lowest BCUT2D eigenvalue weighted by Gasteiger charge is -2.13. The molecule has 0 aliphatic rings. The second-order valence-electron chi connectivity index (χ2n) is 3.86. The first-order chi connectivity index (χ1) is 8.08. The molecular formula is C13H18O4. The van der Waals surface area contributed by atoms with Gasteiger partial charge in [-0.1, -0.05) is 0 Å². The van der Waals surface area contributed by atoms with Gasteiger partial charge in [0.1, 0.15) is 5.75 Å². The molecule has 1 rings (SSSR count). The van der Waals surface area contributed by atoms with E-state index >= 15 is 0 Å². The highest BCUT2D eigenvalue weighted by Crippen LogP contribution is 2.15. The molecule has 4 nitrogen and oxygen atoms in total. The molecule has 17 heavy (non-hydrogen) atoms. The van der Waals surface area contributed by atoms with E-state index in [4.69, 9.17) is 14.2 Å². The van der Waals surface area contributed by atoms with Crippen molar-refractivity contribution in [3.63, 3.8) is 0 Å². The van der Waals surface area contributed by atoms with Crippen LogP contribution in [0.1, 0.15) is 24.2 Å². The predicted molar refractivity (Wildman–Crippen MR) is 64.3 cm³/mol. The second kappa shape index (κ2) is 6.37. The van der Waals surface area contributed by atoms with E-state index in [9.17, 15) is 4.79 Å². The van der Waals surface area contributed by atoms with Gasteiger partial charge in [0.05, 0.1) is 6.10 Å². The van der Waals surface area contributed by atoms with E-state index in [1.807, 2.05) is 13.8 Å². The molecule has 0 unspecified atom stereocenters. The van der Waals surface area contributed by atoms with Crippen molar-refractivity contribution < 1.29 is 19.0 Å². The highest BCUT2D eigenvalue weighted by molar-refractivity contribution is 5.98. The van der Waals surface area contributed by atoms with Crippen LogP contribution in [0.3, 0.4) is 0 Å². The average Bonchev–Trinajstić information content (AvgIpc) is 2.30. The quantitative estimate of drug-likeness (QED) is 0.563. The summed E-state index contributed by atoms with van der Waals surface area (Å²) in [5.74, 6) is 0.536. The summed E-state index contributed by atoms with van der Waals surface area (Å²) in [7, 11) is 2.87. The Hall–Kier alpha value is -1.39. The fourth-order valence-corrected chi connectivity index (χ4v) is 1.42. The summed E-state index contributed by atoms with van der Waals surface area (Å²) in [4.78, 5) is 11.8. The third-order valence-corrected chi connectivity index (χ3v) is 2.15. The highest BCUT2D eigenvalue weighted by Gasteiger charge is 2.18. The number of methoxy groups -OCH3 is 2. The van der Waals surface area contributed by atoms with Gasteiger partial charge in [-0.05, 0) is 38.1 Å². The van der Waals surface area contributed by atoms with Crippen molar-refractivity contribution in [3.05, 3.63) is 29.8 Å². The highest BCUT2D eigenvalue weighted by atomic mass is 16.7. The van der Waals surface area contributed by atoms with Crippen LogP contribution in [0.15, 0.2) is 24.3 Å². The van der Waals surface area contributed by atoms with Crippen LogP contribution >= 0.6 is 0 Å². The first-order valence-electron chi connectivity index (χ1n) is 5.45. The van der Waals surface area contributed by atoms with Crippen molar-refractivity contribution in [2.75, 3.05) is 14.2 Å². The summed E-state index contributed by atoms with van der Waals surface area (Å²) < 4.78 is 15.3. The van der Waals surface area contributed by atoms with Crippen LogP contribution in [0.25, 0.3) is 0 Å². The zero-order valence-corrected chi connectivity index (χ0v) is 10.6. The Bertz CT molecular complexity index is 352. The maximum atomic E-state index is 11.8. The maximum Gasteiger partial charge on any atom is 0.222 e. The SMILES string of the molecule is COC(OC)C(=O)c1ccc(OC(C)C)cc1. The summed E-state index contributed by atoms with van der Waals surface area (Å²) in [6, 6.07) is 6.92. The lowest BCUT2D eigenvalue weighted by molar-refractivity contribution is -0.0742. The summed E-state index contributed by atoms with van der Waals surface area (Å²) in [6.45, 7) is 3.90. The first kappa shape index (κ1) is 13.7. The number of hydrogen-bond donors (Lipinski definition) is 0. The van der Waals surface area contributed by atoms with Gasteiger partial charge in [-0.25, -0.2) is 0 Å². The molecule has 1 aromatic rings. The summed E-state index contributed by atoms with van der Waals surface area (Å²) in [5, 5.41) is 0. The fraction of sp³-hybridized carbons (Fsp3) is 0.462. The summed E-state index contributed by atoms with van der Waals surface area (Å²) in [6.07, 6.45) is -0.742.